The maximum atomic E-state index is 13.1. The molecule has 1 N–H and O–H groups in total. The van der Waals surface area contributed by atoms with Crippen LogP contribution in [-0.4, -0.2) is 64.4 Å². The molecule has 4 rings (SSSR count). The number of carbonyl (C=O) groups is 1. The molecule has 2 aromatic rings. The third-order valence-electron chi connectivity index (χ3n) is 7.12. The number of piperidine rings is 1. The Balaban J connectivity index is 1.49. The average Bonchev–Trinajstić information content (AvgIpc) is 2.84. The smallest absolute Gasteiger partial charge is 0.255 e. The largest absolute Gasteiger partial charge is 0.496 e. The van der Waals surface area contributed by atoms with E-state index in [1.165, 1.54) is 16.7 Å². The fourth-order valence-electron chi connectivity index (χ4n) is 5.14. The van der Waals surface area contributed by atoms with Gasteiger partial charge in [-0.1, -0.05) is 11.2 Å². The highest BCUT2D eigenvalue weighted by Gasteiger charge is 2.37. The first-order valence-corrected chi connectivity index (χ1v) is 11.3. The molecule has 1 aromatic heterocycles. The molecular weight excluding hydrogens is 404 g/mol. The second kappa shape index (κ2) is 9.28. The summed E-state index contributed by atoms with van der Waals surface area (Å²) >= 11 is 0. The molecule has 3 heterocycles. The highest BCUT2D eigenvalue weighted by molar-refractivity contribution is 5.98. The predicted octanol–water partition coefficient (Wildman–Crippen LogP) is 3.96. The number of methoxy groups -OCH3 is 1. The van der Waals surface area contributed by atoms with Crippen molar-refractivity contribution in [3.8, 4) is 5.75 Å². The van der Waals surface area contributed by atoms with Gasteiger partial charge in [-0.15, -0.1) is 0 Å². The first-order valence-electron chi connectivity index (χ1n) is 11.3. The van der Waals surface area contributed by atoms with Crippen LogP contribution < -0.4 is 4.74 Å². The van der Waals surface area contributed by atoms with Crippen LogP contribution in [0.5, 0.6) is 5.75 Å². The zero-order chi connectivity index (χ0) is 22.8. The lowest BCUT2D eigenvalue weighted by Crippen LogP contribution is -2.57. The molecule has 170 valence electrons. The molecule has 2 aliphatic rings. The van der Waals surface area contributed by atoms with Gasteiger partial charge in [0.1, 0.15) is 11.5 Å². The number of fused-ring (bicyclic) bond motifs is 1. The van der Waals surface area contributed by atoms with Gasteiger partial charge >= 0.3 is 0 Å². The Kier molecular flexibility index (Phi) is 6.46. The third kappa shape index (κ3) is 4.09. The van der Waals surface area contributed by atoms with Gasteiger partial charge < -0.3 is 14.8 Å². The van der Waals surface area contributed by atoms with Crippen LogP contribution in [0.4, 0.5) is 0 Å². The van der Waals surface area contributed by atoms with Gasteiger partial charge in [0.2, 0.25) is 0 Å². The van der Waals surface area contributed by atoms with Crippen LogP contribution in [0.15, 0.2) is 35.6 Å². The van der Waals surface area contributed by atoms with E-state index in [1.807, 2.05) is 4.90 Å². The van der Waals surface area contributed by atoms with E-state index < -0.39 is 0 Å². The number of ether oxygens (including phenoxy) is 1. The van der Waals surface area contributed by atoms with Gasteiger partial charge in [-0.3, -0.25) is 14.7 Å². The van der Waals surface area contributed by atoms with Crippen molar-refractivity contribution < 1.29 is 14.7 Å². The van der Waals surface area contributed by atoms with Crippen LogP contribution in [0.3, 0.4) is 0 Å². The lowest BCUT2D eigenvalue weighted by molar-refractivity contribution is 0.0101. The Hall–Kier alpha value is -2.93. The predicted molar refractivity (Wildman–Crippen MR) is 124 cm³/mol. The van der Waals surface area contributed by atoms with Gasteiger partial charge in [0.15, 0.2) is 0 Å². The number of aromatic nitrogens is 1. The van der Waals surface area contributed by atoms with Crippen molar-refractivity contribution in [1.82, 2.24) is 14.8 Å². The number of hydrogen-bond donors (Lipinski definition) is 1. The minimum absolute atomic E-state index is 0.0147. The molecule has 2 fully saturated rings. The maximum absolute atomic E-state index is 13.1. The Labute approximate surface area is 189 Å². The number of rotatable bonds is 4. The van der Waals surface area contributed by atoms with Crippen molar-refractivity contribution in [2.45, 2.75) is 52.1 Å². The van der Waals surface area contributed by atoms with Gasteiger partial charge in [-0.2, -0.15) is 0 Å². The highest BCUT2D eigenvalue weighted by Crippen LogP contribution is 2.39. The van der Waals surface area contributed by atoms with Crippen molar-refractivity contribution in [3.05, 3.63) is 58.4 Å². The minimum atomic E-state index is 0.0147. The van der Waals surface area contributed by atoms with Gasteiger partial charge in [-0.05, 0) is 74.9 Å². The quantitative estimate of drug-likeness (QED) is 0.446. The summed E-state index contributed by atoms with van der Waals surface area (Å²) in [6.07, 6.45) is 4.99. The van der Waals surface area contributed by atoms with E-state index in [2.05, 4.69) is 41.0 Å². The second-order valence-electron chi connectivity index (χ2n) is 8.81. The number of benzene rings is 1. The Bertz CT molecular complexity index is 1020. The van der Waals surface area contributed by atoms with Crippen LogP contribution in [0.2, 0.25) is 0 Å². The van der Waals surface area contributed by atoms with E-state index in [9.17, 15) is 4.79 Å². The molecule has 2 atom stereocenters. The summed E-state index contributed by atoms with van der Waals surface area (Å²) in [6, 6.07) is 8.54. The molecule has 1 aromatic carbocycles. The number of oxime groups is 1. The highest BCUT2D eigenvalue weighted by atomic mass is 16.5. The molecule has 0 saturated carbocycles. The monoisotopic (exact) mass is 436 g/mol. The fourth-order valence-corrected chi connectivity index (χ4v) is 5.14. The number of amides is 1. The summed E-state index contributed by atoms with van der Waals surface area (Å²) in [4.78, 5) is 22.0. The van der Waals surface area contributed by atoms with Crippen LogP contribution in [0.25, 0.3) is 0 Å². The summed E-state index contributed by atoms with van der Waals surface area (Å²) in [7, 11) is 1.72. The zero-order valence-electron chi connectivity index (χ0n) is 19.3. The van der Waals surface area contributed by atoms with Crippen molar-refractivity contribution in [1.29, 1.82) is 0 Å². The summed E-state index contributed by atoms with van der Waals surface area (Å²) in [5.74, 6) is 0.954. The third-order valence-corrected chi connectivity index (χ3v) is 7.12. The van der Waals surface area contributed by atoms with Gasteiger partial charge in [0, 0.05) is 37.9 Å². The van der Waals surface area contributed by atoms with Crippen molar-refractivity contribution in [2.24, 2.45) is 5.16 Å². The maximum Gasteiger partial charge on any atom is 0.255 e. The van der Waals surface area contributed by atoms with Gasteiger partial charge in [0.25, 0.3) is 5.91 Å². The van der Waals surface area contributed by atoms with E-state index in [0.29, 0.717) is 35.6 Å². The lowest BCUT2D eigenvalue weighted by atomic mass is 9.86. The van der Waals surface area contributed by atoms with E-state index in [4.69, 9.17) is 9.94 Å². The Morgan fingerprint density at radius 3 is 2.66 bits per heavy atom. The lowest BCUT2D eigenvalue weighted by Gasteiger charge is -2.48. The summed E-state index contributed by atoms with van der Waals surface area (Å²) in [5.41, 5.74) is 5.46. The molecular formula is C25H32N4O3. The normalized spacial score (nSPS) is 21.9. The number of pyridine rings is 1. The van der Waals surface area contributed by atoms with Gasteiger partial charge in [0.05, 0.1) is 18.4 Å². The SMILES string of the molecule is COc1ccc([C@H]2CCC[C@H]3CN(C(=O)c4ccc(/C(C)=N\O)nc4)CCN32)c(C)c1C. The Morgan fingerprint density at radius 2 is 1.97 bits per heavy atom. The van der Waals surface area contributed by atoms with Crippen LogP contribution >= 0.6 is 0 Å². The van der Waals surface area contributed by atoms with E-state index in [1.54, 1.807) is 32.4 Å². The van der Waals surface area contributed by atoms with Crippen LogP contribution in [0, 0.1) is 13.8 Å². The first-order chi connectivity index (χ1) is 15.4. The molecule has 7 heteroatoms. The molecule has 32 heavy (non-hydrogen) atoms. The molecule has 0 spiro atoms. The number of piperazine rings is 1. The molecule has 7 nitrogen and oxygen atoms in total. The number of hydrogen-bond acceptors (Lipinski definition) is 6. The standard InChI is InChI=1S/C25H32N4O3/c1-16-17(2)24(32-4)11-9-21(16)23-7-5-6-20-15-28(12-13-29(20)23)25(30)19-8-10-22(26-14-19)18(3)27-31/h8-11,14,20,23,31H,5-7,12-13,15H2,1-4H3/b27-18-/t20-,23+/m0/s1. The van der Waals surface area contributed by atoms with Crippen molar-refractivity contribution in [2.75, 3.05) is 26.7 Å². The topological polar surface area (TPSA) is 78.3 Å². The molecule has 0 unspecified atom stereocenters. The van der Waals surface area contributed by atoms with Crippen LogP contribution in [0.1, 0.15) is 65.0 Å². The van der Waals surface area contributed by atoms with E-state index in [0.717, 1.165) is 38.1 Å². The van der Waals surface area contributed by atoms with Crippen LogP contribution in [-0.2, 0) is 0 Å². The molecule has 2 aliphatic heterocycles. The number of nitrogens with zero attached hydrogens (tertiary/aromatic N) is 4. The molecule has 0 radical (unpaired) electrons. The molecule has 2 saturated heterocycles. The Morgan fingerprint density at radius 1 is 1.16 bits per heavy atom. The summed E-state index contributed by atoms with van der Waals surface area (Å²) in [5, 5.41) is 12.1. The second-order valence-corrected chi connectivity index (χ2v) is 8.81. The van der Waals surface area contributed by atoms with E-state index >= 15 is 0 Å². The zero-order valence-corrected chi connectivity index (χ0v) is 19.3. The first kappa shape index (κ1) is 22.3. The fraction of sp³-hybridized carbons (Fsp3) is 0.480. The molecule has 1 amide bonds. The minimum Gasteiger partial charge on any atom is -0.496 e. The average molecular weight is 437 g/mol. The summed E-state index contributed by atoms with van der Waals surface area (Å²) < 4.78 is 5.50. The number of carbonyl (C=O) groups excluding carboxylic acids is 1. The van der Waals surface area contributed by atoms with Crippen molar-refractivity contribution >= 4 is 11.6 Å². The molecule has 0 bridgehead atoms. The molecule has 0 aliphatic carbocycles. The van der Waals surface area contributed by atoms with E-state index in [-0.39, 0.29) is 5.91 Å². The van der Waals surface area contributed by atoms with Gasteiger partial charge in [-0.25, -0.2) is 0 Å². The summed E-state index contributed by atoms with van der Waals surface area (Å²) in [6.45, 7) is 8.31. The van der Waals surface area contributed by atoms with Crippen molar-refractivity contribution in [3.63, 3.8) is 0 Å².